The van der Waals surface area contributed by atoms with Crippen molar-refractivity contribution in [1.82, 2.24) is 0 Å². The van der Waals surface area contributed by atoms with Gasteiger partial charge in [0.05, 0.1) is 4.70 Å². The summed E-state index contributed by atoms with van der Waals surface area (Å²) in [5.74, 6) is 0. The fourth-order valence-electron chi connectivity index (χ4n) is 1.23. The topological polar surface area (TPSA) is 0 Å². The highest BCUT2D eigenvalue weighted by Crippen LogP contribution is 2.37. The van der Waals surface area contributed by atoms with E-state index in [1.807, 2.05) is 0 Å². The average molecular weight is 338 g/mol. The Labute approximate surface area is 105 Å². The summed E-state index contributed by atoms with van der Waals surface area (Å²) in [6.45, 7) is 0. The van der Waals surface area contributed by atoms with E-state index in [0.29, 0.717) is 0 Å². The number of halogens is 1. The van der Waals surface area contributed by atoms with Gasteiger partial charge >= 0.3 is 0 Å². The lowest BCUT2D eigenvalue weighted by atomic mass is 10.3. The molecule has 68 valence electrons. The first-order chi connectivity index (χ1) is 6.24. The summed E-state index contributed by atoms with van der Waals surface area (Å²) in [5.41, 5.74) is 0. The molecule has 0 aliphatic heterocycles. The molecule has 0 aliphatic rings. The van der Waals surface area contributed by atoms with E-state index in [0.717, 1.165) is 4.90 Å². The van der Waals surface area contributed by atoms with E-state index in [2.05, 4.69) is 59.0 Å². The van der Waals surface area contributed by atoms with Gasteiger partial charge in [-0.1, -0.05) is 0 Å². The zero-order valence-corrected chi connectivity index (χ0v) is 11.6. The second-order valence-corrected chi connectivity index (χ2v) is 5.95. The minimum Gasteiger partial charge on any atom is -0.143 e. The minimum absolute atomic E-state index is 1.08. The van der Waals surface area contributed by atoms with Gasteiger partial charge in [0.2, 0.25) is 0 Å². The summed E-state index contributed by atoms with van der Waals surface area (Å²) in [7, 11) is 0. The van der Waals surface area contributed by atoms with Gasteiger partial charge in [-0.25, -0.2) is 0 Å². The number of hydrogen-bond acceptors (Lipinski definition) is 3. The average Bonchev–Trinajstić information content (AvgIpc) is 2.50. The van der Waals surface area contributed by atoms with Crippen LogP contribution in [0.1, 0.15) is 0 Å². The second kappa shape index (κ2) is 4.00. The molecule has 2 aromatic rings. The molecule has 0 spiro atoms. The Morgan fingerprint density at radius 2 is 2.23 bits per heavy atom. The van der Waals surface area contributed by atoms with Crippen molar-refractivity contribution in [2.45, 2.75) is 9.79 Å². The van der Waals surface area contributed by atoms with Gasteiger partial charge in [0.25, 0.3) is 0 Å². The first-order valence-electron chi connectivity index (χ1n) is 3.66. The molecule has 0 fully saturated rings. The van der Waals surface area contributed by atoms with Crippen LogP contribution in [0.2, 0.25) is 0 Å². The van der Waals surface area contributed by atoms with E-state index in [9.17, 15) is 0 Å². The molecule has 1 aromatic carbocycles. The third-order valence-electron chi connectivity index (χ3n) is 1.84. The van der Waals surface area contributed by atoms with Crippen LogP contribution in [0.5, 0.6) is 0 Å². The number of benzene rings is 1. The van der Waals surface area contributed by atoms with Crippen LogP contribution < -0.4 is 0 Å². The van der Waals surface area contributed by atoms with Crippen molar-refractivity contribution in [3.05, 3.63) is 21.1 Å². The van der Waals surface area contributed by atoms with Crippen molar-refractivity contribution >= 4 is 68.4 Å². The molecule has 0 saturated heterocycles. The molecule has 0 saturated carbocycles. The molecule has 2 rings (SSSR count). The Hall–Kier alpha value is 0.610. The van der Waals surface area contributed by atoms with Crippen molar-refractivity contribution in [3.63, 3.8) is 0 Å². The molecule has 0 nitrogen and oxygen atoms in total. The van der Waals surface area contributed by atoms with E-state index in [-0.39, 0.29) is 0 Å². The van der Waals surface area contributed by atoms with Crippen molar-refractivity contribution in [2.75, 3.05) is 6.26 Å². The summed E-state index contributed by atoms with van der Waals surface area (Å²) >= 11 is 10.4. The lowest BCUT2D eigenvalue weighted by molar-refractivity contribution is 1.48. The predicted octanol–water partition coefficient (Wildman–Crippen LogP) is 4.52. The highest BCUT2D eigenvalue weighted by molar-refractivity contribution is 14.1. The van der Waals surface area contributed by atoms with Crippen LogP contribution in [-0.2, 0) is 0 Å². The summed E-state index contributed by atoms with van der Waals surface area (Å²) in [6.07, 6.45) is 2.11. The monoisotopic (exact) mass is 338 g/mol. The van der Waals surface area contributed by atoms with Crippen LogP contribution in [0.4, 0.5) is 0 Å². The zero-order valence-electron chi connectivity index (χ0n) is 6.87. The van der Waals surface area contributed by atoms with Gasteiger partial charge in [-0.15, -0.1) is 35.7 Å². The standard InChI is InChI=1S/C9H7IS3/c1-12-7-3-2-6(11)8-5(10)4-13-9(7)8/h2-4,11H,1H3. The van der Waals surface area contributed by atoms with E-state index in [4.69, 9.17) is 0 Å². The predicted molar refractivity (Wildman–Crippen MR) is 73.6 cm³/mol. The molecule has 13 heavy (non-hydrogen) atoms. The maximum Gasteiger partial charge on any atom is 0.0500 e. The first-order valence-corrected chi connectivity index (χ1v) is 7.29. The fraction of sp³-hybridized carbons (Fsp3) is 0.111. The van der Waals surface area contributed by atoms with Crippen molar-refractivity contribution in [2.24, 2.45) is 0 Å². The van der Waals surface area contributed by atoms with Gasteiger partial charge < -0.3 is 0 Å². The molecular weight excluding hydrogens is 331 g/mol. The third kappa shape index (κ3) is 1.73. The fourth-order valence-corrected chi connectivity index (χ4v) is 4.70. The molecular formula is C9H7IS3. The highest BCUT2D eigenvalue weighted by atomic mass is 127. The number of rotatable bonds is 1. The Kier molecular flexibility index (Phi) is 3.12. The van der Waals surface area contributed by atoms with Crippen molar-refractivity contribution in [1.29, 1.82) is 0 Å². The summed E-state index contributed by atoms with van der Waals surface area (Å²) in [4.78, 5) is 2.43. The van der Waals surface area contributed by atoms with Gasteiger partial charge in [-0.05, 0) is 41.0 Å². The van der Waals surface area contributed by atoms with Gasteiger partial charge in [0, 0.05) is 24.1 Å². The SMILES string of the molecule is CSc1ccc(S)c2c(I)csc12. The van der Waals surface area contributed by atoms with Gasteiger partial charge in [0.1, 0.15) is 0 Å². The maximum atomic E-state index is 4.46. The van der Waals surface area contributed by atoms with Crippen LogP contribution in [-0.4, -0.2) is 6.26 Å². The van der Waals surface area contributed by atoms with Gasteiger partial charge in [-0.3, -0.25) is 0 Å². The number of thioether (sulfide) groups is 1. The molecule has 4 heteroatoms. The van der Waals surface area contributed by atoms with Crippen molar-refractivity contribution in [3.8, 4) is 0 Å². The molecule has 1 aromatic heterocycles. The molecule has 1 heterocycles. The number of fused-ring (bicyclic) bond motifs is 1. The smallest absolute Gasteiger partial charge is 0.0500 e. The van der Waals surface area contributed by atoms with E-state index < -0.39 is 0 Å². The number of thiol groups is 1. The third-order valence-corrected chi connectivity index (χ3v) is 5.41. The molecule has 0 aliphatic carbocycles. The lowest BCUT2D eigenvalue weighted by Crippen LogP contribution is -1.74. The van der Waals surface area contributed by atoms with Crippen LogP contribution in [0.25, 0.3) is 10.1 Å². The normalized spacial score (nSPS) is 11.0. The Morgan fingerprint density at radius 1 is 1.46 bits per heavy atom. The molecule has 0 radical (unpaired) electrons. The van der Waals surface area contributed by atoms with Crippen LogP contribution >= 0.6 is 58.3 Å². The minimum atomic E-state index is 1.08. The molecule has 0 unspecified atom stereocenters. The van der Waals surface area contributed by atoms with E-state index in [1.54, 1.807) is 23.1 Å². The quantitative estimate of drug-likeness (QED) is 0.453. The van der Waals surface area contributed by atoms with Crippen LogP contribution in [0.3, 0.4) is 0 Å². The van der Waals surface area contributed by atoms with Gasteiger partial charge in [-0.2, -0.15) is 0 Å². The van der Waals surface area contributed by atoms with Crippen LogP contribution in [0, 0.1) is 3.57 Å². The zero-order chi connectivity index (χ0) is 9.42. The maximum absolute atomic E-state index is 4.46. The summed E-state index contributed by atoms with van der Waals surface area (Å²) in [5, 5.41) is 3.49. The first kappa shape index (κ1) is 10.1. The molecule has 0 bridgehead atoms. The van der Waals surface area contributed by atoms with Crippen LogP contribution in [0.15, 0.2) is 27.3 Å². The summed E-state index contributed by atoms with van der Waals surface area (Å²) in [6, 6.07) is 4.22. The van der Waals surface area contributed by atoms with Crippen molar-refractivity contribution < 1.29 is 0 Å². The largest absolute Gasteiger partial charge is 0.143 e. The summed E-state index contributed by atoms with van der Waals surface area (Å²) < 4.78 is 2.67. The van der Waals surface area contributed by atoms with E-state index >= 15 is 0 Å². The lowest BCUT2D eigenvalue weighted by Gasteiger charge is -2.01. The molecule has 0 amide bonds. The Morgan fingerprint density at radius 3 is 2.92 bits per heavy atom. The molecule has 0 atom stereocenters. The van der Waals surface area contributed by atoms with Gasteiger partial charge in [0.15, 0.2) is 0 Å². The number of hydrogen-bond donors (Lipinski definition) is 1. The molecule has 0 N–H and O–H groups in total. The van der Waals surface area contributed by atoms with E-state index in [1.165, 1.54) is 18.6 Å². The Balaban J connectivity index is 2.87. The second-order valence-electron chi connectivity index (χ2n) is 2.57. The highest BCUT2D eigenvalue weighted by Gasteiger charge is 2.08. The number of thiophene rings is 1. The Bertz CT molecular complexity index is 447.